The monoisotopic (exact) mass is 222 g/mol. The smallest absolute Gasteiger partial charge is 0.141 e. The van der Waals surface area contributed by atoms with Crippen LogP contribution in [0.1, 0.15) is 25.3 Å². The van der Waals surface area contributed by atoms with Crippen LogP contribution < -0.4 is 0 Å². The molecule has 1 nitrogen and oxygen atoms in total. The molecule has 0 atom stereocenters. The second kappa shape index (κ2) is 5.72. The molecule has 0 N–H and O–H groups in total. The fourth-order valence-electron chi connectivity index (χ4n) is 1.34. The Morgan fingerprint density at radius 1 is 1.47 bits per heavy atom. The lowest BCUT2D eigenvalue weighted by molar-refractivity contribution is -0.117. The molecular formula is C13H15ClO. The Kier molecular flexibility index (Phi) is 4.57. The van der Waals surface area contributed by atoms with Gasteiger partial charge in [0.05, 0.1) is 0 Å². The van der Waals surface area contributed by atoms with Crippen LogP contribution in [0.2, 0.25) is 5.02 Å². The van der Waals surface area contributed by atoms with Crippen LogP contribution in [-0.2, 0) is 11.2 Å². The molecule has 0 aliphatic rings. The van der Waals surface area contributed by atoms with Crippen molar-refractivity contribution in [2.24, 2.45) is 0 Å². The Morgan fingerprint density at radius 2 is 2.20 bits per heavy atom. The topological polar surface area (TPSA) is 17.1 Å². The van der Waals surface area contributed by atoms with Gasteiger partial charge < -0.3 is 0 Å². The maximum Gasteiger partial charge on any atom is 0.141 e. The summed E-state index contributed by atoms with van der Waals surface area (Å²) in [6.07, 6.45) is 1.78. The van der Waals surface area contributed by atoms with Crippen molar-refractivity contribution >= 4 is 17.4 Å². The van der Waals surface area contributed by atoms with Gasteiger partial charge in [0.15, 0.2) is 0 Å². The molecule has 2 heteroatoms. The summed E-state index contributed by atoms with van der Waals surface area (Å²) in [4.78, 5) is 11.6. The predicted molar refractivity (Wildman–Crippen MR) is 64.2 cm³/mol. The van der Waals surface area contributed by atoms with Gasteiger partial charge in [0.25, 0.3) is 0 Å². The van der Waals surface area contributed by atoms with Gasteiger partial charge in [0, 0.05) is 17.9 Å². The van der Waals surface area contributed by atoms with E-state index in [9.17, 15) is 4.79 Å². The number of Topliss-reactive ketones (excluding diaryl/α,β-unsaturated/α-hetero) is 1. The molecule has 0 spiro atoms. The van der Waals surface area contributed by atoms with Gasteiger partial charge in [-0.05, 0) is 24.1 Å². The van der Waals surface area contributed by atoms with Crippen LogP contribution in [0, 0.1) is 0 Å². The number of allylic oxidation sites excluding steroid dienone is 1. The van der Waals surface area contributed by atoms with Crippen molar-refractivity contribution in [3.8, 4) is 0 Å². The van der Waals surface area contributed by atoms with Crippen LogP contribution in [0.15, 0.2) is 36.4 Å². The first-order valence-corrected chi connectivity index (χ1v) is 5.42. The van der Waals surface area contributed by atoms with Gasteiger partial charge in [-0.15, -0.1) is 0 Å². The third-order valence-electron chi connectivity index (χ3n) is 2.24. The first kappa shape index (κ1) is 12.0. The summed E-state index contributed by atoms with van der Waals surface area (Å²) in [7, 11) is 0. The highest BCUT2D eigenvalue weighted by Crippen LogP contribution is 2.13. The van der Waals surface area contributed by atoms with Crippen molar-refractivity contribution in [2.45, 2.75) is 26.2 Å². The number of ketones is 1. The van der Waals surface area contributed by atoms with E-state index < -0.39 is 0 Å². The maximum atomic E-state index is 11.6. The van der Waals surface area contributed by atoms with E-state index in [-0.39, 0.29) is 5.78 Å². The Labute approximate surface area is 95.8 Å². The Morgan fingerprint density at radius 3 is 2.80 bits per heavy atom. The lowest BCUT2D eigenvalue weighted by Gasteiger charge is -2.03. The second-order valence-corrected chi connectivity index (χ2v) is 4.06. The van der Waals surface area contributed by atoms with Crippen molar-refractivity contribution in [1.82, 2.24) is 0 Å². The van der Waals surface area contributed by atoms with Crippen molar-refractivity contribution in [3.05, 3.63) is 47.0 Å². The van der Waals surface area contributed by atoms with E-state index in [1.807, 2.05) is 25.1 Å². The van der Waals surface area contributed by atoms with Gasteiger partial charge in [0.1, 0.15) is 5.78 Å². The lowest BCUT2D eigenvalue weighted by Crippen LogP contribution is -2.03. The average Bonchev–Trinajstić information content (AvgIpc) is 2.17. The van der Waals surface area contributed by atoms with E-state index >= 15 is 0 Å². The van der Waals surface area contributed by atoms with Gasteiger partial charge in [-0.3, -0.25) is 4.79 Å². The summed E-state index contributed by atoms with van der Waals surface area (Å²) in [6, 6.07) is 7.41. The van der Waals surface area contributed by atoms with E-state index in [1.165, 1.54) is 0 Å². The van der Waals surface area contributed by atoms with E-state index in [0.29, 0.717) is 17.9 Å². The number of hydrogen-bond acceptors (Lipinski definition) is 1. The quantitative estimate of drug-likeness (QED) is 0.693. The molecule has 0 fully saturated rings. The molecule has 15 heavy (non-hydrogen) atoms. The molecule has 0 aliphatic heterocycles. The van der Waals surface area contributed by atoms with Crippen LogP contribution in [-0.4, -0.2) is 5.78 Å². The van der Waals surface area contributed by atoms with Crippen LogP contribution in [0.5, 0.6) is 0 Å². The number of hydrogen-bond donors (Lipinski definition) is 0. The highest BCUT2D eigenvalue weighted by Gasteiger charge is 2.05. The van der Waals surface area contributed by atoms with Gasteiger partial charge in [-0.2, -0.15) is 0 Å². The number of carbonyl (C=O) groups excluding carboxylic acids is 1. The molecule has 1 aromatic carbocycles. The Bertz CT molecular complexity index is 369. The summed E-state index contributed by atoms with van der Waals surface area (Å²) in [6.45, 7) is 5.83. The standard InChI is InChI=1S/C13H15ClO/c1-3-10(2)7-13(15)9-11-5-4-6-12(14)8-11/h4-6,8H,2-3,7,9H2,1H3. The van der Waals surface area contributed by atoms with Gasteiger partial charge in [0.2, 0.25) is 0 Å². The number of rotatable bonds is 5. The van der Waals surface area contributed by atoms with E-state index in [2.05, 4.69) is 6.58 Å². The zero-order chi connectivity index (χ0) is 11.3. The molecule has 0 aromatic heterocycles. The molecule has 80 valence electrons. The first-order valence-electron chi connectivity index (χ1n) is 5.04. The molecular weight excluding hydrogens is 208 g/mol. The summed E-state index contributed by atoms with van der Waals surface area (Å²) in [5, 5.41) is 0.676. The van der Waals surface area contributed by atoms with Crippen LogP contribution in [0.25, 0.3) is 0 Å². The minimum absolute atomic E-state index is 0.198. The molecule has 0 unspecified atom stereocenters. The fourth-order valence-corrected chi connectivity index (χ4v) is 1.55. The summed E-state index contributed by atoms with van der Waals surface area (Å²) >= 11 is 5.83. The molecule has 1 aromatic rings. The zero-order valence-corrected chi connectivity index (χ0v) is 9.68. The number of carbonyl (C=O) groups is 1. The minimum atomic E-state index is 0.198. The molecule has 0 saturated carbocycles. The van der Waals surface area contributed by atoms with Crippen molar-refractivity contribution < 1.29 is 4.79 Å². The second-order valence-electron chi connectivity index (χ2n) is 3.63. The van der Waals surface area contributed by atoms with Crippen molar-refractivity contribution in [3.63, 3.8) is 0 Å². The highest BCUT2D eigenvalue weighted by molar-refractivity contribution is 6.30. The van der Waals surface area contributed by atoms with Crippen LogP contribution in [0.3, 0.4) is 0 Å². The lowest BCUT2D eigenvalue weighted by atomic mass is 10.0. The number of halogens is 1. The van der Waals surface area contributed by atoms with E-state index in [0.717, 1.165) is 17.6 Å². The third kappa shape index (κ3) is 4.30. The maximum absolute atomic E-state index is 11.6. The molecule has 1 rings (SSSR count). The summed E-state index contributed by atoms with van der Waals surface area (Å²) < 4.78 is 0. The largest absolute Gasteiger partial charge is 0.299 e. The average molecular weight is 223 g/mol. The molecule has 0 heterocycles. The highest BCUT2D eigenvalue weighted by atomic mass is 35.5. The number of benzene rings is 1. The van der Waals surface area contributed by atoms with Gasteiger partial charge >= 0.3 is 0 Å². The van der Waals surface area contributed by atoms with Gasteiger partial charge in [-0.1, -0.05) is 42.8 Å². The fraction of sp³-hybridized carbons (Fsp3) is 0.308. The van der Waals surface area contributed by atoms with Crippen LogP contribution >= 0.6 is 11.6 Å². The first-order chi connectivity index (χ1) is 7.11. The molecule has 0 bridgehead atoms. The predicted octanol–water partition coefficient (Wildman–Crippen LogP) is 3.81. The normalized spacial score (nSPS) is 10.0. The Balaban J connectivity index is 2.55. The summed E-state index contributed by atoms with van der Waals surface area (Å²) in [5.74, 6) is 0.198. The molecule has 0 amide bonds. The molecule has 0 aliphatic carbocycles. The molecule has 0 radical (unpaired) electrons. The summed E-state index contributed by atoms with van der Waals surface area (Å²) in [5.41, 5.74) is 1.96. The van der Waals surface area contributed by atoms with Crippen LogP contribution in [0.4, 0.5) is 0 Å². The van der Waals surface area contributed by atoms with Gasteiger partial charge in [-0.25, -0.2) is 0 Å². The molecule has 0 saturated heterocycles. The van der Waals surface area contributed by atoms with E-state index in [4.69, 9.17) is 11.6 Å². The van der Waals surface area contributed by atoms with Crippen molar-refractivity contribution in [2.75, 3.05) is 0 Å². The van der Waals surface area contributed by atoms with Crippen molar-refractivity contribution in [1.29, 1.82) is 0 Å². The van der Waals surface area contributed by atoms with E-state index in [1.54, 1.807) is 6.07 Å². The zero-order valence-electron chi connectivity index (χ0n) is 8.92. The Hall–Kier alpha value is -1.08. The SMILES string of the molecule is C=C(CC)CC(=O)Cc1cccc(Cl)c1. The third-order valence-corrected chi connectivity index (χ3v) is 2.47. The minimum Gasteiger partial charge on any atom is -0.299 e.